The molecule has 0 aliphatic carbocycles. The standard InChI is InChI=1S/C21H13N3O5S/c25-19(17-10-15(24(28)29)7-8-16(17)20(26)27)23-21-22-18(11-30-21)14-6-5-12-3-1-2-4-13(12)9-14/h1-11H,(H,26,27)(H,22,23,25). The molecule has 1 amide bonds. The number of aromatic carboxylic acids is 1. The first-order valence-corrected chi connectivity index (χ1v) is 9.58. The van der Waals surface area contributed by atoms with Crippen molar-refractivity contribution >= 4 is 44.8 Å². The first kappa shape index (κ1) is 19.2. The molecule has 30 heavy (non-hydrogen) atoms. The number of nitrogens with one attached hydrogen (secondary N) is 1. The minimum Gasteiger partial charge on any atom is -0.478 e. The maximum Gasteiger partial charge on any atom is 0.336 e. The second-order valence-corrected chi connectivity index (χ2v) is 7.20. The van der Waals surface area contributed by atoms with Gasteiger partial charge in [-0.2, -0.15) is 0 Å². The van der Waals surface area contributed by atoms with Crippen LogP contribution in [-0.2, 0) is 0 Å². The van der Waals surface area contributed by atoms with Crippen LogP contribution in [-0.4, -0.2) is 26.9 Å². The first-order valence-electron chi connectivity index (χ1n) is 8.70. The van der Waals surface area contributed by atoms with Crippen molar-refractivity contribution in [1.82, 2.24) is 4.98 Å². The Hall–Kier alpha value is -4.11. The summed E-state index contributed by atoms with van der Waals surface area (Å²) in [6, 6.07) is 16.8. The number of nitro benzene ring substituents is 1. The summed E-state index contributed by atoms with van der Waals surface area (Å²) < 4.78 is 0. The molecule has 148 valence electrons. The SMILES string of the molecule is O=C(O)c1ccc([N+](=O)[O-])cc1C(=O)Nc1nc(-c2ccc3ccccc3c2)cs1. The molecule has 0 spiro atoms. The Morgan fingerprint density at radius 3 is 2.50 bits per heavy atom. The van der Waals surface area contributed by atoms with Crippen molar-refractivity contribution in [2.45, 2.75) is 0 Å². The Bertz CT molecular complexity index is 1320. The number of hydrogen-bond acceptors (Lipinski definition) is 6. The van der Waals surface area contributed by atoms with E-state index in [9.17, 15) is 24.8 Å². The lowest BCUT2D eigenvalue weighted by molar-refractivity contribution is -0.384. The first-order chi connectivity index (χ1) is 14.4. The van der Waals surface area contributed by atoms with Crippen molar-refractivity contribution in [1.29, 1.82) is 0 Å². The van der Waals surface area contributed by atoms with Gasteiger partial charge >= 0.3 is 5.97 Å². The Morgan fingerprint density at radius 2 is 1.77 bits per heavy atom. The van der Waals surface area contributed by atoms with E-state index in [-0.39, 0.29) is 21.9 Å². The van der Waals surface area contributed by atoms with E-state index in [2.05, 4.69) is 10.3 Å². The molecule has 8 nitrogen and oxygen atoms in total. The van der Waals surface area contributed by atoms with Gasteiger partial charge in [0.2, 0.25) is 0 Å². The second kappa shape index (κ2) is 7.72. The van der Waals surface area contributed by atoms with E-state index in [0.717, 1.165) is 34.5 Å². The number of aromatic nitrogens is 1. The molecule has 0 radical (unpaired) electrons. The van der Waals surface area contributed by atoms with Gasteiger partial charge in [0.15, 0.2) is 5.13 Å². The minimum atomic E-state index is -1.36. The number of nitrogens with zero attached hydrogens (tertiary/aromatic N) is 2. The largest absolute Gasteiger partial charge is 0.478 e. The lowest BCUT2D eigenvalue weighted by atomic mass is 10.1. The van der Waals surface area contributed by atoms with E-state index in [1.165, 1.54) is 11.3 Å². The highest BCUT2D eigenvalue weighted by Crippen LogP contribution is 2.28. The molecular formula is C21H13N3O5S. The number of benzene rings is 3. The molecule has 0 atom stereocenters. The number of fused-ring (bicyclic) bond motifs is 1. The van der Waals surface area contributed by atoms with Gasteiger partial charge in [0.25, 0.3) is 11.6 Å². The smallest absolute Gasteiger partial charge is 0.336 e. The van der Waals surface area contributed by atoms with Crippen molar-refractivity contribution in [3.63, 3.8) is 0 Å². The molecule has 4 rings (SSSR count). The Morgan fingerprint density at radius 1 is 1.00 bits per heavy atom. The summed E-state index contributed by atoms with van der Waals surface area (Å²) in [5.74, 6) is -2.14. The van der Waals surface area contributed by atoms with Crippen molar-refractivity contribution in [3.05, 3.63) is 87.3 Å². The van der Waals surface area contributed by atoms with Crippen LogP contribution in [0.2, 0.25) is 0 Å². The topological polar surface area (TPSA) is 122 Å². The van der Waals surface area contributed by atoms with Crippen LogP contribution < -0.4 is 5.32 Å². The maximum atomic E-state index is 12.6. The number of non-ortho nitro benzene ring substituents is 1. The van der Waals surface area contributed by atoms with Crippen molar-refractivity contribution in [2.24, 2.45) is 0 Å². The second-order valence-electron chi connectivity index (χ2n) is 6.35. The van der Waals surface area contributed by atoms with Gasteiger partial charge in [-0.3, -0.25) is 20.2 Å². The molecule has 9 heteroatoms. The number of anilines is 1. The van der Waals surface area contributed by atoms with Crippen molar-refractivity contribution < 1.29 is 19.6 Å². The normalized spacial score (nSPS) is 10.7. The fourth-order valence-corrected chi connectivity index (χ4v) is 3.71. The Balaban J connectivity index is 1.62. The summed E-state index contributed by atoms with van der Waals surface area (Å²) in [6.45, 7) is 0. The molecule has 1 heterocycles. The number of nitro groups is 1. The van der Waals surface area contributed by atoms with Gasteiger partial charge in [-0.15, -0.1) is 11.3 Å². The number of carboxylic acid groups (broad SMARTS) is 1. The lowest BCUT2D eigenvalue weighted by Gasteiger charge is -2.06. The van der Waals surface area contributed by atoms with Crippen LogP contribution in [0.4, 0.5) is 10.8 Å². The average molecular weight is 419 g/mol. The number of rotatable bonds is 5. The molecule has 0 bridgehead atoms. The van der Waals surface area contributed by atoms with Gasteiger partial charge < -0.3 is 5.11 Å². The average Bonchev–Trinajstić information content (AvgIpc) is 3.21. The zero-order valence-electron chi connectivity index (χ0n) is 15.2. The maximum absolute atomic E-state index is 12.6. The van der Waals surface area contributed by atoms with Crippen LogP contribution in [0, 0.1) is 10.1 Å². The Kier molecular flexibility index (Phi) is 4.95. The van der Waals surface area contributed by atoms with Crippen LogP contribution >= 0.6 is 11.3 Å². The van der Waals surface area contributed by atoms with Gasteiger partial charge in [0, 0.05) is 23.1 Å². The summed E-state index contributed by atoms with van der Waals surface area (Å²) >= 11 is 1.17. The molecule has 1 aromatic heterocycles. The lowest BCUT2D eigenvalue weighted by Crippen LogP contribution is -2.16. The highest BCUT2D eigenvalue weighted by molar-refractivity contribution is 7.14. The predicted molar refractivity (Wildman–Crippen MR) is 113 cm³/mol. The summed E-state index contributed by atoms with van der Waals surface area (Å²) in [6.07, 6.45) is 0. The highest BCUT2D eigenvalue weighted by Gasteiger charge is 2.21. The molecule has 0 saturated carbocycles. The van der Waals surface area contributed by atoms with Crippen molar-refractivity contribution in [2.75, 3.05) is 5.32 Å². The van der Waals surface area contributed by atoms with E-state index < -0.39 is 16.8 Å². The molecule has 0 unspecified atom stereocenters. The van der Waals surface area contributed by atoms with Crippen LogP contribution in [0.15, 0.2) is 66.0 Å². The van der Waals surface area contributed by atoms with E-state index in [4.69, 9.17) is 0 Å². The van der Waals surface area contributed by atoms with Gasteiger partial charge in [-0.1, -0.05) is 36.4 Å². The van der Waals surface area contributed by atoms with Crippen LogP contribution in [0.5, 0.6) is 0 Å². The number of carbonyl (C=O) groups is 2. The minimum absolute atomic E-state index is 0.256. The molecular weight excluding hydrogens is 406 g/mol. The molecule has 4 aromatic rings. The zero-order chi connectivity index (χ0) is 21.3. The van der Waals surface area contributed by atoms with Crippen LogP contribution in [0.1, 0.15) is 20.7 Å². The number of carboxylic acids is 1. The van der Waals surface area contributed by atoms with E-state index >= 15 is 0 Å². The van der Waals surface area contributed by atoms with Gasteiger partial charge in [0.05, 0.1) is 21.7 Å². The highest BCUT2D eigenvalue weighted by atomic mass is 32.1. The fraction of sp³-hybridized carbons (Fsp3) is 0. The Labute approximate surface area is 173 Å². The van der Waals surface area contributed by atoms with Gasteiger partial charge in [0.1, 0.15) is 0 Å². The fourth-order valence-electron chi connectivity index (χ4n) is 3.00. The molecule has 0 aliphatic heterocycles. The van der Waals surface area contributed by atoms with E-state index in [0.29, 0.717) is 5.69 Å². The predicted octanol–water partition coefficient (Wildman–Crippen LogP) is 4.82. The summed E-state index contributed by atoms with van der Waals surface area (Å²) in [5, 5.41) is 27.0. The quantitative estimate of drug-likeness (QED) is 0.353. The van der Waals surface area contributed by atoms with Gasteiger partial charge in [-0.25, -0.2) is 9.78 Å². The number of amides is 1. The zero-order valence-corrected chi connectivity index (χ0v) is 16.1. The van der Waals surface area contributed by atoms with Crippen LogP contribution in [0.25, 0.3) is 22.0 Å². The summed E-state index contributed by atoms with van der Waals surface area (Å²) in [5.41, 5.74) is 0.510. The monoisotopic (exact) mass is 419 g/mol. The third-order valence-corrected chi connectivity index (χ3v) is 5.22. The number of hydrogen-bond donors (Lipinski definition) is 2. The summed E-state index contributed by atoms with van der Waals surface area (Å²) in [4.78, 5) is 38.7. The van der Waals surface area contributed by atoms with E-state index in [1.54, 1.807) is 5.38 Å². The third-order valence-electron chi connectivity index (χ3n) is 4.46. The number of carbonyl (C=O) groups excluding carboxylic acids is 1. The molecule has 0 saturated heterocycles. The summed E-state index contributed by atoms with van der Waals surface area (Å²) in [7, 11) is 0. The molecule has 0 fully saturated rings. The van der Waals surface area contributed by atoms with E-state index in [1.807, 2.05) is 42.5 Å². The number of thiazole rings is 1. The molecule has 0 aliphatic rings. The van der Waals surface area contributed by atoms with Gasteiger partial charge in [-0.05, 0) is 22.9 Å². The third kappa shape index (κ3) is 3.74. The molecule has 3 aromatic carbocycles. The van der Waals surface area contributed by atoms with Crippen molar-refractivity contribution in [3.8, 4) is 11.3 Å². The molecule has 2 N–H and O–H groups in total. The van der Waals surface area contributed by atoms with Crippen LogP contribution in [0.3, 0.4) is 0 Å².